The number of carbonyl (C=O) groups is 1. The molecule has 0 aliphatic carbocycles. The SMILES string of the molecule is CCOc1ccc(CN(C)C(=O)Cc2ccc(OC)cc2)cc1. The van der Waals surface area contributed by atoms with E-state index in [4.69, 9.17) is 9.47 Å². The van der Waals surface area contributed by atoms with Gasteiger partial charge in [0.15, 0.2) is 0 Å². The van der Waals surface area contributed by atoms with Gasteiger partial charge in [-0.15, -0.1) is 0 Å². The number of methoxy groups -OCH3 is 1. The van der Waals surface area contributed by atoms with E-state index in [1.807, 2.05) is 62.5 Å². The predicted molar refractivity (Wildman–Crippen MR) is 90.8 cm³/mol. The highest BCUT2D eigenvalue weighted by molar-refractivity contribution is 5.78. The van der Waals surface area contributed by atoms with Gasteiger partial charge in [0.25, 0.3) is 0 Å². The van der Waals surface area contributed by atoms with Crippen molar-refractivity contribution < 1.29 is 14.3 Å². The Bertz CT molecular complexity index is 620. The summed E-state index contributed by atoms with van der Waals surface area (Å²) in [7, 11) is 3.45. The number of carbonyl (C=O) groups excluding carboxylic acids is 1. The predicted octanol–water partition coefficient (Wildman–Crippen LogP) is 3.30. The summed E-state index contributed by atoms with van der Waals surface area (Å²) in [4.78, 5) is 14.0. The molecule has 0 heterocycles. The number of benzene rings is 2. The Morgan fingerprint density at radius 2 is 1.52 bits per heavy atom. The molecule has 2 aromatic rings. The van der Waals surface area contributed by atoms with Crippen LogP contribution in [0, 0.1) is 0 Å². The van der Waals surface area contributed by atoms with Crippen molar-refractivity contribution in [1.29, 1.82) is 0 Å². The summed E-state index contributed by atoms with van der Waals surface area (Å²) in [6.45, 7) is 3.19. The number of nitrogens with zero attached hydrogens (tertiary/aromatic N) is 1. The molecule has 0 aliphatic rings. The molecule has 0 unspecified atom stereocenters. The van der Waals surface area contributed by atoms with E-state index in [9.17, 15) is 4.79 Å². The molecule has 4 heteroatoms. The number of ether oxygens (including phenoxy) is 2. The lowest BCUT2D eigenvalue weighted by molar-refractivity contribution is -0.129. The van der Waals surface area contributed by atoms with Crippen LogP contribution in [0.2, 0.25) is 0 Å². The molecule has 4 nitrogen and oxygen atoms in total. The highest BCUT2D eigenvalue weighted by Gasteiger charge is 2.10. The average molecular weight is 313 g/mol. The Kier molecular flexibility index (Phi) is 6.03. The van der Waals surface area contributed by atoms with E-state index in [1.165, 1.54) is 0 Å². The summed E-state index contributed by atoms with van der Waals surface area (Å²) in [5.41, 5.74) is 2.06. The van der Waals surface area contributed by atoms with Crippen LogP contribution in [0.5, 0.6) is 11.5 Å². The molecule has 0 N–H and O–H groups in total. The van der Waals surface area contributed by atoms with Crippen molar-refractivity contribution in [3.05, 3.63) is 59.7 Å². The minimum absolute atomic E-state index is 0.0871. The fourth-order valence-corrected chi connectivity index (χ4v) is 2.27. The van der Waals surface area contributed by atoms with Gasteiger partial charge < -0.3 is 14.4 Å². The second-order valence-electron chi connectivity index (χ2n) is 5.35. The maximum atomic E-state index is 12.3. The van der Waals surface area contributed by atoms with Gasteiger partial charge in [-0.1, -0.05) is 24.3 Å². The highest BCUT2D eigenvalue weighted by Crippen LogP contribution is 2.15. The van der Waals surface area contributed by atoms with Crippen LogP contribution >= 0.6 is 0 Å². The lowest BCUT2D eigenvalue weighted by atomic mass is 10.1. The molecular formula is C19H23NO3. The van der Waals surface area contributed by atoms with Gasteiger partial charge in [-0.2, -0.15) is 0 Å². The van der Waals surface area contributed by atoms with Crippen LogP contribution in [0.15, 0.2) is 48.5 Å². The van der Waals surface area contributed by atoms with Crippen LogP contribution in [0.1, 0.15) is 18.1 Å². The van der Waals surface area contributed by atoms with Crippen LogP contribution in [0.4, 0.5) is 0 Å². The quantitative estimate of drug-likeness (QED) is 0.787. The summed E-state index contributed by atoms with van der Waals surface area (Å²) < 4.78 is 10.5. The number of likely N-dealkylation sites (N-methyl/N-ethyl adjacent to an activating group) is 1. The summed E-state index contributed by atoms with van der Waals surface area (Å²) in [6, 6.07) is 15.4. The molecule has 0 saturated heterocycles. The third kappa shape index (κ3) is 5.02. The van der Waals surface area contributed by atoms with Crippen molar-refractivity contribution in [2.24, 2.45) is 0 Å². The zero-order valence-electron chi connectivity index (χ0n) is 13.9. The molecule has 0 radical (unpaired) electrons. The Morgan fingerprint density at radius 3 is 2.09 bits per heavy atom. The molecule has 0 aromatic heterocycles. The van der Waals surface area contributed by atoms with Crippen molar-refractivity contribution in [1.82, 2.24) is 4.90 Å². The van der Waals surface area contributed by atoms with E-state index in [-0.39, 0.29) is 5.91 Å². The van der Waals surface area contributed by atoms with Gasteiger partial charge in [-0.05, 0) is 42.3 Å². The molecule has 0 saturated carbocycles. The van der Waals surface area contributed by atoms with E-state index in [0.717, 1.165) is 22.6 Å². The van der Waals surface area contributed by atoms with Gasteiger partial charge in [-0.25, -0.2) is 0 Å². The monoisotopic (exact) mass is 313 g/mol. The molecule has 0 fully saturated rings. The van der Waals surface area contributed by atoms with Crippen molar-refractivity contribution in [3.8, 4) is 11.5 Å². The van der Waals surface area contributed by atoms with E-state index in [0.29, 0.717) is 19.6 Å². The van der Waals surface area contributed by atoms with E-state index in [1.54, 1.807) is 12.0 Å². The van der Waals surface area contributed by atoms with Gasteiger partial charge in [-0.3, -0.25) is 4.79 Å². The van der Waals surface area contributed by atoms with Crippen LogP contribution in [0.25, 0.3) is 0 Å². The molecule has 0 bridgehead atoms. The maximum Gasteiger partial charge on any atom is 0.227 e. The van der Waals surface area contributed by atoms with E-state index < -0.39 is 0 Å². The van der Waals surface area contributed by atoms with Crippen LogP contribution in [-0.4, -0.2) is 31.6 Å². The van der Waals surface area contributed by atoms with Gasteiger partial charge in [0.2, 0.25) is 5.91 Å². The first kappa shape index (κ1) is 16.9. The van der Waals surface area contributed by atoms with Crippen LogP contribution in [-0.2, 0) is 17.8 Å². The Morgan fingerprint density at radius 1 is 0.957 bits per heavy atom. The first-order valence-electron chi connectivity index (χ1n) is 7.71. The second-order valence-corrected chi connectivity index (χ2v) is 5.35. The summed E-state index contributed by atoms with van der Waals surface area (Å²) in [5, 5.41) is 0. The molecule has 2 rings (SSSR count). The van der Waals surface area contributed by atoms with Crippen LogP contribution < -0.4 is 9.47 Å². The number of amides is 1. The fraction of sp³-hybridized carbons (Fsp3) is 0.316. The molecule has 0 spiro atoms. The van der Waals surface area contributed by atoms with Crippen LogP contribution in [0.3, 0.4) is 0 Å². The summed E-state index contributed by atoms with van der Waals surface area (Å²) in [6.07, 6.45) is 0.386. The molecule has 1 amide bonds. The highest BCUT2D eigenvalue weighted by atomic mass is 16.5. The van der Waals surface area contributed by atoms with Crippen molar-refractivity contribution in [2.45, 2.75) is 19.9 Å². The topological polar surface area (TPSA) is 38.8 Å². The van der Waals surface area contributed by atoms with Gasteiger partial charge >= 0.3 is 0 Å². The molecule has 122 valence electrons. The molecule has 2 aromatic carbocycles. The molecular weight excluding hydrogens is 290 g/mol. The van der Waals surface area contributed by atoms with Gasteiger partial charge in [0.05, 0.1) is 20.1 Å². The number of rotatable bonds is 7. The van der Waals surface area contributed by atoms with E-state index >= 15 is 0 Å². The zero-order valence-corrected chi connectivity index (χ0v) is 13.9. The largest absolute Gasteiger partial charge is 0.497 e. The number of hydrogen-bond acceptors (Lipinski definition) is 3. The van der Waals surface area contributed by atoms with Crippen molar-refractivity contribution >= 4 is 5.91 Å². The zero-order chi connectivity index (χ0) is 16.7. The average Bonchev–Trinajstić information content (AvgIpc) is 2.57. The van der Waals surface area contributed by atoms with Crippen molar-refractivity contribution in [3.63, 3.8) is 0 Å². The maximum absolute atomic E-state index is 12.3. The standard InChI is InChI=1S/C19H23NO3/c1-4-23-18-11-7-16(8-12-18)14-20(2)19(21)13-15-5-9-17(22-3)10-6-15/h5-12H,4,13-14H2,1-3H3. The minimum atomic E-state index is 0.0871. The third-order valence-corrected chi connectivity index (χ3v) is 3.59. The molecule has 23 heavy (non-hydrogen) atoms. The summed E-state index contributed by atoms with van der Waals surface area (Å²) >= 11 is 0. The normalized spacial score (nSPS) is 10.2. The molecule has 0 atom stereocenters. The lowest BCUT2D eigenvalue weighted by Gasteiger charge is -2.17. The van der Waals surface area contributed by atoms with Crippen molar-refractivity contribution in [2.75, 3.05) is 20.8 Å². The lowest BCUT2D eigenvalue weighted by Crippen LogP contribution is -2.27. The Labute approximate surface area is 137 Å². The number of hydrogen-bond donors (Lipinski definition) is 0. The van der Waals surface area contributed by atoms with E-state index in [2.05, 4.69) is 0 Å². The molecule has 0 aliphatic heterocycles. The smallest absolute Gasteiger partial charge is 0.227 e. The minimum Gasteiger partial charge on any atom is -0.497 e. The summed E-state index contributed by atoms with van der Waals surface area (Å²) in [5.74, 6) is 1.73. The third-order valence-electron chi connectivity index (χ3n) is 3.59. The van der Waals surface area contributed by atoms with Gasteiger partial charge in [0, 0.05) is 13.6 Å². The first-order valence-corrected chi connectivity index (χ1v) is 7.71. The van der Waals surface area contributed by atoms with Gasteiger partial charge in [0.1, 0.15) is 11.5 Å². The fourth-order valence-electron chi connectivity index (χ4n) is 2.27. The Balaban J connectivity index is 1.90. The second kappa shape index (κ2) is 8.22. The Hall–Kier alpha value is -2.49. The first-order chi connectivity index (χ1) is 11.1.